The van der Waals surface area contributed by atoms with Gasteiger partial charge in [-0.15, -0.1) is 0 Å². The molecule has 0 saturated heterocycles. The molecule has 0 radical (unpaired) electrons. The molecule has 0 aliphatic rings. The van der Waals surface area contributed by atoms with Gasteiger partial charge in [0.25, 0.3) is 0 Å². The molecule has 0 aliphatic carbocycles. The van der Waals surface area contributed by atoms with Gasteiger partial charge in [-0.2, -0.15) is 0 Å². The minimum Gasteiger partial charge on any atom is -0.396 e. The van der Waals surface area contributed by atoms with Crippen LogP contribution < -0.4 is 5.32 Å². The minimum absolute atomic E-state index is 0.0523. The van der Waals surface area contributed by atoms with E-state index in [0.717, 1.165) is 29.6 Å². The predicted molar refractivity (Wildman–Crippen MR) is 80.7 cm³/mol. The number of nitrogens with one attached hydrogen (secondary N) is 1. The summed E-state index contributed by atoms with van der Waals surface area (Å²) in [4.78, 5) is 4.32. The fourth-order valence-corrected chi connectivity index (χ4v) is 2.17. The second-order valence-corrected chi connectivity index (χ2v) is 5.95. The molecule has 0 fully saturated rings. The summed E-state index contributed by atoms with van der Waals surface area (Å²) in [5.74, 6) is 0. The maximum absolute atomic E-state index is 9.05. The lowest BCUT2D eigenvalue weighted by Crippen LogP contribution is -2.24. The largest absolute Gasteiger partial charge is 0.396 e. The lowest BCUT2D eigenvalue weighted by atomic mass is 9.89. The molecule has 0 atom stereocenters. The Hall–Kier alpha value is -1.32. The molecule has 0 spiro atoms. The summed E-state index contributed by atoms with van der Waals surface area (Å²) >= 11 is 5.97. The first-order valence-corrected chi connectivity index (χ1v) is 6.79. The van der Waals surface area contributed by atoms with E-state index < -0.39 is 0 Å². The summed E-state index contributed by atoms with van der Waals surface area (Å²) in [7, 11) is 0. The van der Waals surface area contributed by atoms with Gasteiger partial charge >= 0.3 is 0 Å². The summed E-state index contributed by atoms with van der Waals surface area (Å²) in [5.41, 5.74) is 1.99. The van der Waals surface area contributed by atoms with Crippen LogP contribution >= 0.6 is 11.6 Å². The van der Waals surface area contributed by atoms with E-state index in [1.165, 1.54) is 0 Å². The molecule has 4 heteroatoms. The number of aliphatic hydroxyl groups excluding tert-OH is 1. The van der Waals surface area contributed by atoms with Crippen LogP contribution in [0.1, 0.15) is 20.3 Å². The van der Waals surface area contributed by atoms with Crippen molar-refractivity contribution in [2.45, 2.75) is 20.3 Å². The van der Waals surface area contributed by atoms with Crippen molar-refractivity contribution in [1.29, 1.82) is 0 Å². The molecule has 0 amide bonds. The third-order valence-electron chi connectivity index (χ3n) is 3.25. The normalized spacial score (nSPS) is 11.8. The van der Waals surface area contributed by atoms with Crippen LogP contribution in [0.15, 0.2) is 30.5 Å². The summed E-state index contributed by atoms with van der Waals surface area (Å²) < 4.78 is 0. The lowest BCUT2D eigenvalue weighted by Gasteiger charge is -2.24. The zero-order valence-corrected chi connectivity index (χ0v) is 12.0. The van der Waals surface area contributed by atoms with Crippen LogP contribution in [-0.4, -0.2) is 23.2 Å². The fraction of sp³-hybridized carbons (Fsp3) is 0.400. The second kappa shape index (κ2) is 5.76. The van der Waals surface area contributed by atoms with Crippen molar-refractivity contribution in [3.8, 4) is 0 Å². The van der Waals surface area contributed by atoms with E-state index in [9.17, 15) is 0 Å². The van der Waals surface area contributed by atoms with Gasteiger partial charge in [-0.25, -0.2) is 0 Å². The Balaban J connectivity index is 2.21. The molecule has 0 unspecified atom stereocenters. The van der Waals surface area contributed by atoms with Gasteiger partial charge in [0.15, 0.2) is 0 Å². The first-order chi connectivity index (χ1) is 9.02. The molecule has 19 heavy (non-hydrogen) atoms. The van der Waals surface area contributed by atoms with Gasteiger partial charge in [-0.3, -0.25) is 4.98 Å². The number of aliphatic hydroxyl groups is 1. The van der Waals surface area contributed by atoms with E-state index in [1.54, 1.807) is 6.20 Å². The van der Waals surface area contributed by atoms with Gasteiger partial charge in [-0.05, 0) is 36.1 Å². The van der Waals surface area contributed by atoms with Crippen molar-refractivity contribution in [3.05, 3.63) is 35.5 Å². The van der Waals surface area contributed by atoms with Crippen molar-refractivity contribution in [2.24, 2.45) is 5.41 Å². The molecule has 0 saturated carbocycles. The summed E-state index contributed by atoms with van der Waals surface area (Å²) in [5, 5.41) is 14.2. The number of rotatable bonds is 5. The monoisotopic (exact) mass is 278 g/mol. The average Bonchev–Trinajstić information content (AvgIpc) is 2.36. The molecule has 3 nitrogen and oxygen atoms in total. The highest BCUT2D eigenvalue weighted by molar-refractivity contribution is 6.31. The molecule has 1 aromatic carbocycles. The number of aromatic nitrogens is 1. The number of anilines is 1. The van der Waals surface area contributed by atoms with Gasteiger partial charge in [0.1, 0.15) is 0 Å². The molecular weight excluding hydrogens is 260 g/mol. The van der Waals surface area contributed by atoms with E-state index in [0.29, 0.717) is 5.02 Å². The lowest BCUT2D eigenvalue weighted by molar-refractivity contribution is 0.220. The quantitative estimate of drug-likeness (QED) is 0.876. The van der Waals surface area contributed by atoms with E-state index in [-0.39, 0.29) is 12.0 Å². The number of nitrogens with zero attached hydrogens (tertiary/aromatic N) is 1. The molecule has 102 valence electrons. The summed E-state index contributed by atoms with van der Waals surface area (Å²) in [6, 6.07) is 7.67. The molecule has 2 N–H and O–H groups in total. The van der Waals surface area contributed by atoms with Crippen LogP contribution in [0, 0.1) is 5.41 Å². The number of hydrogen-bond donors (Lipinski definition) is 2. The Morgan fingerprint density at radius 1 is 1.32 bits per heavy atom. The van der Waals surface area contributed by atoms with Gasteiger partial charge in [0.05, 0.1) is 5.52 Å². The highest BCUT2D eigenvalue weighted by Crippen LogP contribution is 2.26. The zero-order valence-electron chi connectivity index (χ0n) is 11.3. The number of pyridine rings is 1. The Morgan fingerprint density at radius 2 is 2.11 bits per heavy atom. The van der Waals surface area contributed by atoms with Gasteiger partial charge in [0, 0.05) is 35.4 Å². The number of fused-ring (bicyclic) bond motifs is 1. The highest BCUT2D eigenvalue weighted by atomic mass is 35.5. The van der Waals surface area contributed by atoms with Crippen molar-refractivity contribution in [3.63, 3.8) is 0 Å². The molecule has 0 bridgehead atoms. The fourth-order valence-electron chi connectivity index (χ4n) is 2.00. The Kier molecular flexibility index (Phi) is 4.27. The SMILES string of the molecule is CC(C)(CCO)CNc1ccnc2cc(Cl)ccc12. The highest BCUT2D eigenvalue weighted by Gasteiger charge is 2.17. The zero-order chi connectivity index (χ0) is 13.9. The van der Waals surface area contributed by atoms with Crippen LogP contribution in [0.5, 0.6) is 0 Å². The van der Waals surface area contributed by atoms with Gasteiger partial charge in [-0.1, -0.05) is 25.4 Å². The van der Waals surface area contributed by atoms with E-state index in [1.807, 2.05) is 24.3 Å². The maximum Gasteiger partial charge on any atom is 0.0737 e. The minimum atomic E-state index is 0.0523. The smallest absolute Gasteiger partial charge is 0.0737 e. The Morgan fingerprint density at radius 3 is 2.84 bits per heavy atom. The average molecular weight is 279 g/mol. The van der Waals surface area contributed by atoms with Crippen LogP contribution in [0.3, 0.4) is 0 Å². The van der Waals surface area contributed by atoms with Crippen LogP contribution in [-0.2, 0) is 0 Å². The van der Waals surface area contributed by atoms with Crippen molar-refractivity contribution < 1.29 is 5.11 Å². The standard InChI is InChI=1S/C15H19ClN2O/c1-15(2,6-8-19)10-18-13-5-7-17-14-9-11(16)3-4-12(13)14/h3-5,7,9,19H,6,8,10H2,1-2H3,(H,17,18). The number of hydrogen-bond acceptors (Lipinski definition) is 3. The predicted octanol–water partition coefficient (Wildman–Crippen LogP) is 3.71. The van der Waals surface area contributed by atoms with Crippen molar-refractivity contribution in [2.75, 3.05) is 18.5 Å². The van der Waals surface area contributed by atoms with Gasteiger partial charge < -0.3 is 10.4 Å². The third kappa shape index (κ3) is 3.58. The summed E-state index contributed by atoms with van der Waals surface area (Å²) in [6.07, 6.45) is 2.55. The maximum atomic E-state index is 9.05. The molecule has 2 rings (SSSR count). The van der Waals surface area contributed by atoms with Crippen LogP contribution in [0.25, 0.3) is 10.9 Å². The van der Waals surface area contributed by atoms with E-state index in [4.69, 9.17) is 16.7 Å². The summed E-state index contributed by atoms with van der Waals surface area (Å²) in [6.45, 7) is 5.28. The van der Waals surface area contributed by atoms with E-state index in [2.05, 4.69) is 24.1 Å². The van der Waals surface area contributed by atoms with E-state index >= 15 is 0 Å². The Labute approximate surface area is 118 Å². The Bertz CT molecular complexity index is 569. The molecule has 0 aliphatic heterocycles. The van der Waals surface area contributed by atoms with Crippen molar-refractivity contribution in [1.82, 2.24) is 4.98 Å². The number of benzene rings is 1. The first-order valence-electron chi connectivity index (χ1n) is 6.41. The molecule has 1 heterocycles. The number of halogens is 1. The first kappa shape index (κ1) is 14.1. The topological polar surface area (TPSA) is 45.1 Å². The molecule has 2 aromatic rings. The van der Waals surface area contributed by atoms with Gasteiger partial charge in [0.2, 0.25) is 0 Å². The van der Waals surface area contributed by atoms with Crippen LogP contribution in [0.4, 0.5) is 5.69 Å². The molecular formula is C15H19ClN2O. The van der Waals surface area contributed by atoms with Crippen LogP contribution in [0.2, 0.25) is 5.02 Å². The molecule has 1 aromatic heterocycles. The second-order valence-electron chi connectivity index (χ2n) is 5.51. The third-order valence-corrected chi connectivity index (χ3v) is 3.49. The van der Waals surface area contributed by atoms with Crippen molar-refractivity contribution >= 4 is 28.2 Å².